The highest BCUT2D eigenvalue weighted by Gasteiger charge is 2.18. The Labute approximate surface area is 132 Å². The molecule has 2 rings (SSSR count). The van der Waals surface area contributed by atoms with Crippen molar-refractivity contribution in [1.29, 1.82) is 0 Å². The van der Waals surface area contributed by atoms with Gasteiger partial charge in [-0.25, -0.2) is 0 Å². The molecule has 0 aromatic heterocycles. The lowest BCUT2D eigenvalue weighted by atomic mass is 9.98. The summed E-state index contributed by atoms with van der Waals surface area (Å²) in [5, 5.41) is 15.2. The molecule has 6 heteroatoms. The normalized spacial score (nSPS) is 12.1. The second kappa shape index (κ2) is 6.89. The third-order valence-corrected chi connectivity index (χ3v) is 4.05. The highest BCUT2D eigenvalue weighted by molar-refractivity contribution is 6.42. The number of nitro benzene ring substituents is 1. The molecule has 0 aliphatic carbocycles. The molecule has 110 valence electrons. The Morgan fingerprint density at radius 2 is 1.90 bits per heavy atom. The molecule has 2 aromatic carbocycles. The number of nitrogens with one attached hydrogen (secondary N) is 1. The summed E-state index contributed by atoms with van der Waals surface area (Å²) in [6, 6.07) is 12.0. The second-order valence-electron chi connectivity index (χ2n) is 4.60. The van der Waals surface area contributed by atoms with Crippen LogP contribution in [0.4, 0.5) is 5.69 Å². The van der Waals surface area contributed by atoms with Gasteiger partial charge in [0.25, 0.3) is 5.69 Å². The molecule has 2 aromatic rings. The van der Waals surface area contributed by atoms with Crippen molar-refractivity contribution in [3.05, 3.63) is 73.8 Å². The molecule has 21 heavy (non-hydrogen) atoms. The first-order chi connectivity index (χ1) is 10.0. The van der Waals surface area contributed by atoms with Crippen molar-refractivity contribution in [3.8, 4) is 0 Å². The number of hydrogen-bond donors (Lipinski definition) is 1. The summed E-state index contributed by atoms with van der Waals surface area (Å²) in [5.74, 6) is 0. The number of benzene rings is 2. The van der Waals surface area contributed by atoms with E-state index in [1.165, 1.54) is 6.07 Å². The molecule has 0 radical (unpaired) electrons. The Hall–Kier alpha value is -1.62. The molecule has 0 aliphatic heterocycles. The maximum absolute atomic E-state index is 11.1. The zero-order valence-electron chi connectivity index (χ0n) is 11.3. The zero-order valence-corrected chi connectivity index (χ0v) is 12.9. The minimum absolute atomic E-state index is 0.0825. The maximum atomic E-state index is 11.1. The number of halogens is 2. The van der Waals surface area contributed by atoms with Crippen molar-refractivity contribution in [2.24, 2.45) is 0 Å². The number of nitrogens with zero attached hydrogens (tertiary/aromatic N) is 1. The number of nitro groups is 1. The van der Waals surface area contributed by atoms with Crippen molar-refractivity contribution in [2.45, 2.75) is 12.5 Å². The molecule has 0 fully saturated rings. The first-order valence-electron chi connectivity index (χ1n) is 6.37. The highest BCUT2D eigenvalue weighted by Crippen LogP contribution is 2.29. The van der Waals surface area contributed by atoms with Crippen LogP contribution >= 0.6 is 23.2 Å². The van der Waals surface area contributed by atoms with Gasteiger partial charge in [-0.3, -0.25) is 10.1 Å². The van der Waals surface area contributed by atoms with Gasteiger partial charge < -0.3 is 5.32 Å². The number of para-hydroxylation sites is 1. The van der Waals surface area contributed by atoms with E-state index in [1.807, 2.05) is 13.1 Å². The van der Waals surface area contributed by atoms with Gasteiger partial charge in [0.15, 0.2) is 0 Å². The van der Waals surface area contributed by atoms with E-state index in [4.69, 9.17) is 23.2 Å². The molecular formula is C15H14Cl2N2O2. The van der Waals surface area contributed by atoms with Crippen molar-refractivity contribution < 1.29 is 4.92 Å². The SMILES string of the molecule is CNC(Cc1ccccc1[N+](=O)[O-])c1ccc(Cl)c(Cl)c1. The Bertz CT molecular complexity index is 662. The van der Waals surface area contributed by atoms with Gasteiger partial charge in [-0.1, -0.05) is 47.5 Å². The zero-order chi connectivity index (χ0) is 15.4. The van der Waals surface area contributed by atoms with E-state index in [-0.39, 0.29) is 16.7 Å². The third-order valence-electron chi connectivity index (χ3n) is 3.31. The molecule has 0 saturated carbocycles. The molecule has 0 aliphatic rings. The minimum Gasteiger partial charge on any atom is -0.313 e. The number of rotatable bonds is 5. The van der Waals surface area contributed by atoms with Crippen LogP contribution in [-0.4, -0.2) is 12.0 Å². The van der Waals surface area contributed by atoms with Crippen LogP contribution in [0.5, 0.6) is 0 Å². The van der Waals surface area contributed by atoms with Gasteiger partial charge in [-0.05, 0) is 31.2 Å². The fourth-order valence-corrected chi connectivity index (χ4v) is 2.50. The standard InChI is InChI=1S/C15H14Cl2N2O2/c1-18-14(10-6-7-12(16)13(17)8-10)9-11-4-2-3-5-15(11)19(20)21/h2-8,14,18H,9H2,1H3. The molecule has 0 saturated heterocycles. The molecule has 1 N–H and O–H groups in total. The minimum atomic E-state index is -0.364. The van der Waals surface area contributed by atoms with E-state index in [2.05, 4.69) is 5.32 Å². The quantitative estimate of drug-likeness (QED) is 0.654. The first kappa shape index (κ1) is 15.8. The monoisotopic (exact) mass is 324 g/mol. The summed E-state index contributed by atoms with van der Waals surface area (Å²) in [6.07, 6.45) is 0.492. The lowest BCUT2D eigenvalue weighted by Gasteiger charge is -2.17. The summed E-state index contributed by atoms with van der Waals surface area (Å²) in [6.45, 7) is 0. The molecule has 0 spiro atoms. The largest absolute Gasteiger partial charge is 0.313 e. The summed E-state index contributed by atoms with van der Waals surface area (Å²) < 4.78 is 0. The summed E-state index contributed by atoms with van der Waals surface area (Å²) >= 11 is 11.9. The smallest absolute Gasteiger partial charge is 0.272 e. The van der Waals surface area contributed by atoms with E-state index in [0.717, 1.165) is 5.56 Å². The van der Waals surface area contributed by atoms with Gasteiger partial charge in [0.2, 0.25) is 0 Å². The fourth-order valence-electron chi connectivity index (χ4n) is 2.20. The Morgan fingerprint density at radius 1 is 1.19 bits per heavy atom. The predicted molar refractivity (Wildman–Crippen MR) is 85.1 cm³/mol. The summed E-state index contributed by atoms with van der Waals surface area (Å²) in [4.78, 5) is 10.7. The topological polar surface area (TPSA) is 55.2 Å². The van der Waals surface area contributed by atoms with Crippen LogP contribution in [0.1, 0.15) is 17.2 Å². The van der Waals surface area contributed by atoms with Crippen LogP contribution < -0.4 is 5.32 Å². The van der Waals surface area contributed by atoms with Crippen LogP contribution in [0.2, 0.25) is 10.0 Å². The third kappa shape index (κ3) is 3.73. The molecule has 0 heterocycles. The molecule has 1 unspecified atom stereocenters. The molecule has 4 nitrogen and oxygen atoms in total. The van der Waals surface area contributed by atoms with Crippen LogP contribution in [0.15, 0.2) is 42.5 Å². The van der Waals surface area contributed by atoms with Crippen molar-refractivity contribution in [3.63, 3.8) is 0 Å². The number of likely N-dealkylation sites (N-methyl/N-ethyl adjacent to an activating group) is 1. The van der Waals surface area contributed by atoms with Crippen molar-refractivity contribution >= 4 is 28.9 Å². The van der Waals surface area contributed by atoms with E-state index in [0.29, 0.717) is 22.0 Å². The van der Waals surface area contributed by atoms with Gasteiger partial charge in [0.1, 0.15) is 0 Å². The average Bonchev–Trinajstić information content (AvgIpc) is 2.48. The van der Waals surface area contributed by atoms with Gasteiger partial charge in [-0.2, -0.15) is 0 Å². The van der Waals surface area contributed by atoms with E-state index in [9.17, 15) is 10.1 Å². The Morgan fingerprint density at radius 3 is 2.52 bits per heavy atom. The lowest BCUT2D eigenvalue weighted by Crippen LogP contribution is -2.19. The molecule has 0 amide bonds. The van der Waals surface area contributed by atoms with Gasteiger partial charge in [0.05, 0.1) is 15.0 Å². The number of hydrogen-bond acceptors (Lipinski definition) is 3. The van der Waals surface area contributed by atoms with Crippen LogP contribution in [0.25, 0.3) is 0 Å². The van der Waals surface area contributed by atoms with Gasteiger partial charge in [0, 0.05) is 17.7 Å². The second-order valence-corrected chi connectivity index (χ2v) is 5.42. The molecule has 0 bridgehead atoms. The van der Waals surface area contributed by atoms with E-state index in [1.54, 1.807) is 30.3 Å². The Balaban J connectivity index is 2.31. The van der Waals surface area contributed by atoms with Crippen molar-refractivity contribution in [2.75, 3.05) is 7.05 Å². The maximum Gasteiger partial charge on any atom is 0.272 e. The van der Waals surface area contributed by atoms with Crippen LogP contribution in [0, 0.1) is 10.1 Å². The molecule has 1 atom stereocenters. The first-order valence-corrected chi connectivity index (χ1v) is 7.13. The summed E-state index contributed by atoms with van der Waals surface area (Å²) in [7, 11) is 1.81. The van der Waals surface area contributed by atoms with Gasteiger partial charge >= 0.3 is 0 Å². The Kier molecular flexibility index (Phi) is 5.17. The van der Waals surface area contributed by atoms with Crippen molar-refractivity contribution in [1.82, 2.24) is 5.32 Å². The molecular weight excluding hydrogens is 311 g/mol. The van der Waals surface area contributed by atoms with E-state index >= 15 is 0 Å². The van der Waals surface area contributed by atoms with E-state index < -0.39 is 0 Å². The average molecular weight is 325 g/mol. The van der Waals surface area contributed by atoms with Gasteiger partial charge in [-0.15, -0.1) is 0 Å². The predicted octanol–water partition coefficient (Wildman–Crippen LogP) is 4.40. The van der Waals surface area contributed by atoms with Crippen LogP contribution in [-0.2, 0) is 6.42 Å². The van der Waals surface area contributed by atoms with Crippen LogP contribution in [0.3, 0.4) is 0 Å². The summed E-state index contributed by atoms with van der Waals surface area (Å²) in [5.41, 5.74) is 1.73. The fraction of sp³-hybridized carbons (Fsp3) is 0.200. The lowest BCUT2D eigenvalue weighted by molar-refractivity contribution is -0.385. The highest BCUT2D eigenvalue weighted by atomic mass is 35.5.